The predicted octanol–water partition coefficient (Wildman–Crippen LogP) is 24.4. The third-order valence-electron chi connectivity index (χ3n) is 24.6. The van der Waals surface area contributed by atoms with Gasteiger partial charge in [-0.15, -0.1) is 0 Å². The lowest BCUT2D eigenvalue weighted by Crippen LogP contribution is -2.64. The van der Waals surface area contributed by atoms with E-state index >= 15 is 0 Å². The molecule has 5 heterocycles. The van der Waals surface area contributed by atoms with Crippen LogP contribution in [0.2, 0.25) is 0 Å². The van der Waals surface area contributed by atoms with Crippen molar-refractivity contribution < 1.29 is 4.74 Å². The van der Waals surface area contributed by atoms with Crippen LogP contribution in [0.15, 0.2) is 413 Å². The van der Waals surface area contributed by atoms with Crippen LogP contribution < -0.4 is 52.2 Å². The molecule has 9 heteroatoms. The normalized spacial score (nSPS) is 12.5. The van der Waals surface area contributed by atoms with Crippen LogP contribution in [0.25, 0.3) is 117 Å². The molecule has 119 heavy (non-hydrogen) atoms. The van der Waals surface area contributed by atoms with Gasteiger partial charge in [0.25, 0.3) is 13.4 Å². The highest BCUT2D eigenvalue weighted by molar-refractivity contribution is 7.02. The summed E-state index contributed by atoms with van der Waals surface area (Å²) in [5.41, 5.74) is 35.4. The molecule has 0 saturated heterocycles. The van der Waals surface area contributed by atoms with Crippen molar-refractivity contribution in [2.45, 2.75) is 0 Å². The molecular weight excluding hydrogens is 1440 g/mol. The summed E-state index contributed by atoms with van der Waals surface area (Å²) in [6.45, 7) is -0.835. The van der Waals surface area contributed by atoms with Crippen molar-refractivity contribution in [3.8, 4) is 118 Å². The molecule has 0 N–H and O–H groups in total. The number of fused-ring (bicyclic) bond motifs is 11. The summed E-state index contributed by atoms with van der Waals surface area (Å²) in [6.07, 6.45) is 0. The molecule has 18 aromatic carbocycles. The Labute approximate surface area is 691 Å². The first-order valence-electron chi connectivity index (χ1n) is 40.5. The van der Waals surface area contributed by atoms with E-state index in [9.17, 15) is 10.5 Å². The topological polar surface area (TPSA) is 71.5 Å². The Bertz CT molecular complexity index is 7180. The number of hydrogen-bond donors (Lipinski definition) is 0. The molecule has 7 nitrogen and oxygen atoms in total. The van der Waals surface area contributed by atoms with E-state index < -0.39 is 6.71 Å². The maximum absolute atomic E-state index is 11.5. The van der Waals surface area contributed by atoms with Gasteiger partial charge in [0.1, 0.15) is 11.5 Å². The van der Waals surface area contributed by atoms with Crippen molar-refractivity contribution in [2.75, 3.05) is 14.7 Å². The summed E-state index contributed by atoms with van der Waals surface area (Å²) in [7, 11) is 0. The van der Waals surface area contributed by atoms with Crippen LogP contribution in [0.3, 0.4) is 0 Å². The van der Waals surface area contributed by atoms with Crippen molar-refractivity contribution in [1.82, 2.24) is 4.57 Å². The number of hydrogen-bond acceptors (Lipinski definition) is 6. The van der Waals surface area contributed by atoms with Gasteiger partial charge < -0.3 is 24.0 Å². The lowest BCUT2D eigenvalue weighted by atomic mass is 9.30. The Morgan fingerprint density at radius 1 is 0.227 bits per heavy atom. The van der Waals surface area contributed by atoms with Gasteiger partial charge in [-0.25, -0.2) is 0 Å². The molecule has 550 valence electrons. The van der Waals surface area contributed by atoms with Gasteiger partial charge in [0.2, 0.25) is 0 Å². The molecule has 0 saturated carbocycles. The Morgan fingerprint density at radius 2 is 0.580 bits per heavy atom. The second kappa shape index (κ2) is 28.0. The second-order valence-electron chi connectivity index (χ2n) is 31.1. The van der Waals surface area contributed by atoms with Crippen LogP contribution in [0.5, 0.6) is 11.5 Å². The van der Waals surface area contributed by atoms with Gasteiger partial charge in [-0.05, 0) is 167 Å². The van der Waals surface area contributed by atoms with Gasteiger partial charge in [0.15, 0.2) is 0 Å². The third kappa shape index (κ3) is 11.1. The summed E-state index contributed by atoms with van der Waals surface area (Å²) in [5, 5.41) is 25.2. The van der Waals surface area contributed by atoms with Gasteiger partial charge in [-0.2, -0.15) is 10.5 Å². The monoisotopic (exact) mass is 1510 g/mol. The summed E-state index contributed by atoms with van der Waals surface area (Å²) in [6, 6.07) is 154. The summed E-state index contributed by atoms with van der Waals surface area (Å²) < 4.78 is 10.5. The molecule has 0 atom stereocenters. The number of benzene rings is 18. The number of ether oxygens (including phenoxy) is 1. The van der Waals surface area contributed by atoms with Crippen LogP contribution in [0.4, 0.5) is 51.2 Å². The number of para-hydroxylation sites is 4. The first kappa shape index (κ1) is 68.6. The fourth-order valence-electron chi connectivity index (χ4n) is 19.5. The zero-order valence-electron chi connectivity index (χ0n) is 64.5. The minimum Gasteiger partial charge on any atom is -0.458 e. The van der Waals surface area contributed by atoms with E-state index in [0.717, 1.165) is 212 Å². The van der Waals surface area contributed by atoms with Crippen LogP contribution in [-0.2, 0) is 0 Å². The first-order valence-corrected chi connectivity index (χ1v) is 40.5. The molecule has 19 aromatic rings. The number of aromatic nitrogens is 1. The molecule has 4 aliphatic rings. The average Bonchev–Trinajstić information content (AvgIpc) is 1.13. The molecule has 0 radical (unpaired) electrons. The lowest BCUT2D eigenvalue weighted by Gasteiger charge is -2.47. The van der Waals surface area contributed by atoms with E-state index in [0.29, 0.717) is 11.1 Å². The molecule has 23 rings (SSSR count). The molecule has 1 aromatic heterocycles. The van der Waals surface area contributed by atoms with E-state index in [1.165, 1.54) is 0 Å². The number of rotatable bonds is 12. The van der Waals surface area contributed by atoms with E-state index in [2.05, 4.69) is 444 Å². The van der Waals surface area contributed by atoms with Crippen molar-refractivity contribution in [1.29, 1.82) is 10.5 Å². The van der Waals surface area contributed by atoms with Crippen molar-refractivity contribution in [3.63, 3.8) is 0 Å². The van der Waals surface area contributed by atoms with Crippen molar-refractivity contribution >= 4 is 119 Å². The SMILES string of the molecule is N#Cc1cc(-c2ccccc2)c(N2c3cc(-n4c5ccccc5c5ccccc54)ccc3B3c4cc5c(cc4N(c4c(-c6ccccc6)cc(C#N)cc4-c4ccccc4)c4cc(-c6ccccc6)cc2c43)Oc2cc(-c3ccccc3)cc3c2B5c2ccccc2N3c2c(-c3ccccc3)cccc2-c2ccccc2)c(-c2ccccc2)c1. The summed E-state index contributed by atoms with van der Waals surface area (Å²) >= 11 is 0. The molecule has 0 spiro atoms. The first-order chi connectivity index (χ1) is 59.0. The minimum absolute atomic E-state index is 0.363. The van der Waals surface area contributed by atoms with Crippen molar-refractivity contribution in [2.24, 2.45) is 0 Å². The fraction of sp³-hybridized carbons (Fsp3) is 0. The summed E-state index contributed by atoms with van der Waals surface area (Å²) in [4.78, 5) is 7.65. The Kier molecular flexibility index (Phi) is 16.1. The minimum atomic E-state index is -0.472. The third-order valence-corrected chi connectivity index (χ3v) is 24.6. The van der Waals surface area contributed by atoms with Crippen LogP contribution in [-0.4, -0.2) is 18.0 Å². The van der Waals surface area contributed by atoms with Crippen molar-refractivity contribution in [3.05, 3.63) is 424 Å². The van der Waals surface area contributed by atoms with E-state index in [1.807, 2.05) is 0 Å². The number of anilines is 9. The molecule has 0 aliphatic carbocycles. The zero-order chi connectivity index (χ0) is 78.8. The van der Waals surface area contributed by atoms with Crippen LogP contribution in [0, 0.1) is 22.7 Å². The number of nitriles is 2. The predicted molar refractivity (Wildman–Crippen MR) is 494 cm³/mol. The fourth-order valence-corrected chi connectivity index (χ4v) is 19.5. The standard InChI is InChI=1S/C110H68B2N6O/c113-69-71-58-88(77-40-17-5-18-41-77)109(89(59-71)78-42-19-6-20-43-78)117-99-66-83(115-96-53-28-25-48-86(96)87-49-26-29-54-97(87)115)56-57-93(99)111-94-67-95-104(68-100(94)118(102-63-81(62-101(117)106(102)111)73-32-9-1-10-33-73)110-90(79-44-21-7-22-45-79)60-72(70-114)61-91(110)80-46-23-8-24-47-80)119-105-65-82(74-34-11-2-12-35-74)64-103-107(105)112(95)92-52-27-30-55-98(92)116(103)108-84(75-36-13-3-14-37-75)50-31-51-85(108)76-38-15-4-16-39-76/h1-68H. The highest BCUT2D eigenvalue weighted by Crippen LogP contribution is 2.57. The largest absolute Gasteiger partial charge is 0.458 e. The summed E-state index contributed by atoms with van der Waals surface area (Å²) in [5.74, 6) is 1.50. The Hall–Kier alpha value is -15.9. The number of nitrogens with zero attached hydrogens (tertiary/aromatic N) is 6. The average molecular weight is 1510 g/mol. The van der Waals surface area contributed by atoms with Gasteiger partial charge >= 0.3 is 0 Å². The quantitative estimate of drug-likeness (QED) is 0.114. The molecule has 0 bridgehead atoms. The smallest absolute Gasteiger partial charge is 0.256 e. The highest BCUT2D eigenvalue weighted by atomic mass is 16.5. The van der Waals surface area contributed by atoms with Gasteiger partial charge in [-0.1, -0.05) is 328 Å². The van der Waals surface area contributed by atoms with Gasteiger partial charge in [0.05, 0.1) is 51.4 Å². The Morgan fingerprint density at radius 3 is 1.03 bits per heavy atom. The van der Waals surface area contributed by atoms with E-state index in [-0.39, 0.29) is 6.71 Å². The molecule has 0 fully saturated rings. The Balaban J connectivity index is 0.880. The highest BCUT2D eigenvalue weighted by Gasteiger charge is 2.50. The van der Waals surface area contributed by atoms with Crippen LogP contribution in [0.1, 0.15) is 11.1 Å². The maximum Gasteiger partial charge on any atom is 0.256 e. The molecule has 0 unspecified atom stereocenters. The molecule has 0 amide bonds. The maximum atomic E-state index is 11.5. The van der Waals surface area contributed by atoms with E-state index in [4.69, 9.17) is 4.74 Å². The van der Waals surface area contributed by atoms with Crippen LogP contribution >= 0.6 is 0 Å². The second-order valence-corrected chi connectivity index (χ2v) is 31.1. The van der Waals surface area contributed by atoms with E-state index in [1.54, 1.807) is 0 Å². The zero-order valence-corrected chi connectivity index (χ0v) is 64.5. The van der Waals surface area contributed by atoms with Gasteiger partial charge in [-0.3, -0.25) is 0 Å². The van der Waals surface area contributed by atoms with Gasteiger partial charge in [0, 0.05) is 90.0 Å². The lowest BCUT2D eigenvalue weighted by molar-refractivity contribution is 0.488. The molecule has 4 aliphatic heterocycles. The molecular formula is C110H68B2N6O.